The zero-order chi connectivity index (χ0) is 46.1. The average molecular weight is 888 g/mol. The van der Waals surface area contributed by atoms with E-state index in [2.05, 4.69) is 54.5 Å². The molecule has 3 aromatic carbocycles. The van der Waals surface area contributed by atoms with E-state index in [1.807, 2.05) is 48.5 Å². The van der Waals surface area contributed by atoms with Gasteiger partial charge in [-0.2, -0.15) is 10.5 Å². The number of hydrogen-bond donors (Lipinski definition) is 0. The minimum Gasteiger partial charge on any atom is -0.494 e. The molecule has 3 heterocycles. The van der Waals surface area contributed by atoms with Crippen LogP contribution in [-0.4, -0.2) is 98.2 Å². The normalized spacial score (nSPS) is 21.7. The zero-order valence-corrected chi connectivity index (χ0v) is 40.6. The lowest BCUT2D eigenvalue weighted by molar-refractivity contribution is 0.0922. The number of piperidine rings is 3. The minimum atomic E-state index is 0.256. The van der Waals surface area contributed by atoms with Crippen LogP contribution in [0.1, 0.15) is 152 Å². The van der Waals surface area contributed by atoms with Gasteiger partial charge in [0.15, 0.2) is 5.78 Å². The summed E-state index contributed by atoms with van der Waals surface area (Å²) in [4.78, 5) is 20.1. The molecule has 0 bridgehead atoms. The molecule has 4 fully saturated rings. The molecule has 0 spiro atoms. The van der Waals surface area contributed by atoms with Crippen LogP contribution in [0.4, 0.5) is 0 Å². The van der Waals surface area contributed by atoms with Gasteiger partial charge in [-0.25, -0.2) is 0 Å². The van der Waals surface area contributed by atoms with Crippen molar-refractivity contribution in [1.82, 2.24) is 14.7 Å². The minimum absolute atomic E-state index is 0.256. The smallest absolute Gasteiger partial charge is 0.165 e. The fraction of sp³-hybridized carbons (Fsp3) is 0.625. The molecule has 0 aromatic heterocycles. The van der Waals surface area contributed by atoms with Crippen LogP contribution in [0.5, 0.6) is 17.2 Å². The maximum Gasteiger partial charge on any atom is 0.165 e. The van der Waals surface area contributed by atoms with E-state index in [1.165, 1.54) is 96.8 Å². The number of ketones is 1. The van der Waals surface area contributed by atoms with Crippen molar-refractivity contribution in [3.8, 4) is 29.4 Å². The molecule has 9 nitrogen and oxygen atoms in total. The SMILES string of the molecule is CC[C@@H]1CC[C@H](C)N(CCCOc2ccc(C#N)cc2)C1.CC[C@H]1CC[C@H](C)N(CCCOc2ccc(C#N)cc2)C1.O=C(c1ccc(OCCCN2CCCCC2)cc1)C1CCCC1. The summed E-state index contributed by atoms with van der Waals surface area (Å²) in [7, 11) is 0. The third kappa shape index (κ3) is 18.4. The number of carbonyl (C=O) groups is 1. The molecule has 4 aliphatic rings. The van der Waals surface area contributed by atoms with Gasteiger partial charge in [0, 0.05) is 56.3 Å². The highest BCUT2D eigenvalue weighted by molar-refractivity contribution is 5.98. The molecule has 354 valence electrons. The number of ether oxygens (including phenoxy) is 3. The van der Waals surface area contributed by atoms with Gasteiger partial charge in [-0.3, -0.25) is 4.79 Å². The van der Waals surface area contributed by atoms with Crippen LogP contribution < -0.4 is 14.2 Å². The summed E-state index contributed by atoms with van der Waals surface area (Å²) in [6.45, 7) is 19.9. The second kappa shape index (κ2) is 29.3. The molecule has 3 saturated heterocycles. The van der Waals surface area contributed by atoms with Crippen molar-refractivity contribution in [2.24, 2.45) is 17.8 Å². The molecule has 4 atom stereocenters. The zero-order valence-electron chi connectivity index (χ0n) is 40.6. The molecule has 9 heteroatoms. The van der Waals surface area contributed by atoms with Crippen LogP contribution in [0.25, 0.3) is 0 Å². The molecular weight excluding hydrogens is 807 g/mol. The van der Waals surface area contributed by atoms with Crippen molar-refractivity contribution in [2.75, 3.05) is 65.6 Å². The van der Waals surface area contributed by atoms with Crippen LogP contribution >= 0.6 is 0 Å². The summed E-state index contributed by atoms with van der Waals surface area (Å²) in [6.07, 6.45) is 19.8. The Balaban J connectivity index is 0.000000183. The molecule has 0 N–H and O–H groups in total. The lowest BCUT2D eigenvalue weighted by atomic mass is 9.91. The van der Waals surface area contributed by atoms with Crippen molar-refractivity contribution in [3.63, 3.8) is 0 Å². The number of nitriles is 2. The molecule has 0 amide bonds. The highest BCUT2D eigenvalue weighted by Gasteiger charge is 2.26. The van der Waals surface area contributed by atoms with Crippen LogP contribution in [0.2, 0.25) is 0 Å². The largest absolute Gasteiger partial charge is 0.494 e. The first-order valence-electron chi connectivity index (χ1n) is 25.5. The Labute approximate surface area is 393 Å². The molecular formula is C56H81N5O4. The average Bonchev–Trinajstić information content (AvgIpc) is 3.91. The lowest BCUT2D eigenvalue weighted by Gasteiger charge is -2.37. The Kier molecular flexibility index (Phi) is 23.2. The maximum atomic E-state index is 12.3. The molecule has 1 saturated carbocycles. The molecule has 3 aliphatic heterocycles. The number of hydrogen-bond acceptors (Lipinski definition) is 9. The molecule has 3 aromatic rings. The van der Waals surface area contributed by atoms with Crippen molar-refractivity contribution in [2.45, 2.75) is 143 Å². The van der Waals surface area contributed by atoms with Crippen molar-refractivity contribution in [3.05, 3.63) is 89.5 Å². The summed E-state index contributed by atoms with van der Waals surface area (Å²) in [5, 5.41) is 17.5. The third-order valence-electron chi connectivity index (χ3n) is 14.3. The van der Waals surface area contributed by atoms with Gasteiger partial charge in [0.05, 0.1) is 43.1 Å². The van der Waals surface area contributed by atoms with Gasteiger partial charge in [0.2, 0.25) is 0 Å². The van der Waals surface area contributed by atoms with Gasteiger partial charge >= 0.3 is 0 Å². The first-order chi connectivity index (χ1) is 31.8. The number of benzene rings is 3. The molecule has 0 unspecified atom stereocenters. The molecule has 0 radical (unpaired) electrons. The number of nitrogens with zero attached hydrogens (tertiary/aromatic N) is 5. The van der Waals surface area contributed by atoms with Gasteiger partial charge < -0.3 is 28.9 Å². The number of carbonyl (C=O) groups excluding carboxylic acids is 1. The first kappa shape index (κ1) is 51.6. The lowest BCUT2D eigenvalue weighted by Crippen LogP contribution is -2.42. The van der Waals surface area contributed by atoms with E-state index in [9.17, 15) is 4.79 Å². The second-order valence-electron chi connectivity index (χ2n) is 19.0. The van der Waals surface area contributed by atoms with Crippen LogP contribution in [0, 0.1) is 40.4 Å². The highest BCUT2D eigenvalue weighted by Crippen LogP contribution is 2.29. The van der Waals surface area contributed by atoms with Crippen LogP contribution in [0.3, 0.4) is 0 Å². The fourth-order valence-corrected chi connectivity index (χ4v) is 9.78. The van der Waals surface area contributed by atoms with Crippen molar-refractivity contribution >= 4 is 5.78 Å². The van der Waals surface area contributed by atoms with Crippen LogP contribution in [-0.2, 0) is 0 Å². The highest BCUT2D eigenvalue weighted by atomic mass is 16.5. The fourth-order valence-electron chi connectivity index (χ4n) is 9.78. The van der Waals surface area contributed by atoms with E-state index in [-0.39, 0.29) is 5.92 Å². The first-order valence-corrected chi connectivity index (χ1v) is 25.5. The van der Waals surface area contributed by atoms with Gasteiger partial charge in [-0.1, -0.05) is 46.0 Å². The Bertz CT molecular complexity index is 1750. The standard InChI is InChI=1S/C20H29NO2.2C18H26N2O/c22-20(17-7-2-3-8-17)18-9-11-19(12-10-18)23-16-6-15-21-13-4-1-5-14-21;2*1-3-16-6-5-15(2)20(14-16)11-4-12-21-18-9-7-17(13-19)8-10-18/h9-12,17H,1-8,13-16H2;2*7-10,15-16H,3-6,11-12,14H2,1-2H3/t;15-,16+;15-,16-/m.00/s1. The van der Waals surface area contributed by atoms with E-state index in [0.29, 0.717) is 29.0 Å². The quantitative estimate of drug-likeness (QED) is 0.0860. The number of likely N-dealkylation sites (tertiary alicyclic amines) is 3. The van der Waals surface area contributed by atoms with Crippen molar-refractivity contribution < 1.29 is 19.0 Å². The predicted octanol–water partition coefficient (Wildman–Crippen LogP) is 12.0. The third-order valence-corrected chi connectivity index (χ3v) is 14.3. The van der Waals surface area contributed by atoms with Crippen molar-refractivity contribution in [1.29, 1.82) is 10.5 Å². The second-order valence-corrected chi connectivity index (χ2v) is 19.0. The maximum absolute atomic E-state index is 12.3. The molecule has 65 heavy (non-hydrogen) atoms. The number of Topliss-reactive ketones (excluding diaryl/α,β-unsaturated/α-hetero) is 1. The van der Waals surface area contributed by atoms with Gasteiger partial charge in [-0.15, -0.1) is 0 Å². The topological polar surface area (TPSA) is 102 Å². The monoisotopic (exact) mass is 888 g/mol. The van der Waals surface area contributed by atoms with E-state index < -0.39 is 0 Å². The van der Waals surface area contributed by atoms with E-state index >= 15 is 0 Å². The molecule has 7 rings (SSSR count). The summed E-state index contributed by atoms with van der Waals surface area (Å²) in [5.41, 5.74) is 2.20. The molecule has 1 aliphatic carbocycles. The van der Waals surface area contributed by atoms with E-state index in [0.717, 1.165) is 106 Å². The van der Waals surface area contributed by atoms with Gasteiger partial charge in [0.1, 0.15) is 17.2 Å². The number of rotatable bonds is 19. The van der Waals surface area contributed by atoms with Gasteiger partial charge in [-0.05, 0) is 182 Å². The Morgan fingerprint density at radius 1 is 0.554 bits per heavy atom. The Morgan fingerprint density at radius 3 is 1.38 bits per heavy atom. The van der Waals surface area contributed by atoms with E-state index in [1.54, 1.807) is 24.3 Å². The summed E-state index contributed by atoms with van der Waals surface area (Å²) in [5.74, 6) is 4.91. The van der Waals surface area contributed by atoms with E-state index in [4.69, 9.17) is 24.7 Å². The van der Waals surface area contributed by atoms with Crippen LogP contribution in [0.15, 0.2) is 72.8 Å². The Morgan fingerprint density at radius 2 is 0.969 bits per heavy atom. The summed E-state index contributed by atoms with van der Waals surface area (Å²) in [6, 6.07) is 28.1. The predicted molar refractivity (Wildman–Crippen MR) is 264 cm³/mol. The Hall–Kier alpha value is -4.41. The summed E-state index contributed by atoms with van der Waals surface area (Å²) >= 11 is 0. The summed E-state index contributed by atoms with van der Waals surface area (Å²) < 4.78 is 17.3. The van der Waals surface area contributed by atoms with Gasteiger partial charge in [0.25, 0.3) is 0 Å².